The summed E-state index contributed by atoms with van der Waals surface area (Å²) in [5.74, 6) is -0.286. The Morgan fingerprint density at radius 1 is 1.23 bits per heavy atom. The zero-order valence-corrected chi connectivity index (χ0v) is 17.7. The van der Waals surface area contributed by atoms with Crippen LogP contribution in [0.5, 0.6) is 0 Å². The van der Waals surface area contributed by atoms with Gasteiger partial charge in [-0.2, -0.15) is 13.2 Å². The first-order valence-corrected chi connectivity index (χ1v) is 10.8. The van der Waals surface area contributed by atoms with Gasteiger partial charge in [0.15, 0.2) is 0 Å². The van der Waals surface area contributed by atoms with Crippen LogP contribution < -0.4 is 5.32 Å². The van der Waals surface area contributed by atoms with Crippen molar-refractivity contribution in [2.24, 2.45) is 5.41 Å². The average Bonchev–Trinajstić information content (AvgIpc) is 2.74. The first kappa shape index (κ1) is 23.4. The quantitative estimate of drug-likeness (QED) is 0.663. The number of esters is 1. The molecule has 2 heterocycles. The van der Waals surface area contributed by atoms with Crippen molar-refractivity contribution in [1.29, 1.82) is 0 Å². The van der Waals surface area contributed by atoms with E-state index in [9.17, 15) is 22.8 Å². The molecule has 6 nitrogen and oxygen atoms in total. The van der Waals surface area contributed by atoms with Crippen LogP contribution in [0.3, 0.4) is 0 Å². The van der Waals surface area contributed by atoms with Crippen molar-refractivity contribution < 1.29 is 32.2 Å². The molecule has 0 spiro atoms. The molecule has 1 aromatic carbocycles. The summed E-state index contributed by atoms with van der Waals surface area (Å²) in [4.78, 5) is 26.9. The number of urea groups is 1. The Kier molecular flexibility index (Phi) is 7.46. The van der Waals surface area contributed by atoms with Crippen molar-refractivity contribution in [2.75, 3.05) is 31.6 Å². The first-order valence-electron chi connectivity index (χ1n) is 10.8. The van der Waals surface area contributed by atoms with Gasteiger partial charge in [0.1, 0.15) is 0 Å². The molecule has 2 saturated heterocycles. The summed E-state index contributed by atoms with van der Waals surface area (Å²) >= 11 is 0. The van der Waals surface area contributed by atoms with E-state index in [1.165, 1.54) is 23.1 Å². The molecule has 0 bridgehead atoms. The molecule has 31 heavy (non-hydrogen) atoms. The minimum Gasteiger partial charge on any atom is -0.466 e. The summed E-state index contributed by atoms with van der Waals surface area (Å²) in [7, 11) is 0. The van der Waals surface area contributed by atoms with Crippen LogP contribution in [0.4, 0.5) is 23.7 Å². The summed E-state index contributed by atoms with van der Waals surface area (Å²) in [5, 5.41) is 2.38. The number of likely N-dealkylation sites (tertiary alicyclic amines) is 1. The second-order valence-corrected chi connectivity index (χ2v) is 8.15. The smallest absolute Gasteiger partial charge is 0.418 e. The largest absolute Gasteiger partial charge is 0.466 e. The van der Waals surface area contributed by atoms with Gasteiger partial charge in [-0.1, -0.05) is 12.1 Å². The van der Waals surface area contributed by atoms with E-state index in [2.05, 4.69) is 5.32 Å². The number of nitrogens with one attached hydrogen (secondary N) is 1. The van der Waals surface area contributed by atoms with Crippen LogP contribution in [-0.2, 0) is 20.4 Å². The van der Waals surface area contributed by atoms with Gasteiger partial charge in [-0.3, -0.25) is 4.79 Å². The molecule has 0 saturated carbocycles. The Hall–Kier alpha value is -2.29. The third-order valence-electron chi connectivity index (χ3n) is 6.08. The van der Waals surface area contributed by atoms with Gasteiger partial charge in [-0.25, -0.2) is 4.79 Å². The molecule has 2 aliphatic heterocycles. The number of nitrogens with zero attached hydrogens (tertiary/aromatic N) is 1. The minimum atomic E-state index is -4.56. The van der Waals surface area contributed by atoms with E-state index >= 15 is 0 Å². The molecule has 3 rings (SSSR count). The molecule has 1 atom stereocenters. The normalized spacial score (nSPS) is 21.4. The summed E-state index contributed by atoms with van der Waals surface area (Å²) < 4.78 is 50.8. The zero-order chi connectivity index (χ0) is 22.5. The lowest BCUT2D eigenvalue weighted by Gasteiger charge is -2.42. The molecule has 2 fully saturated rings. The fraction of sp³-hybridized carbons (Fsp3) is 0.636. The molecule has 2 aliphatic rings. The van der Waals surface area contributed by atoms with Gasteiger partial charge >= 0.3 is 18.2 Å². The van der Waals surface area contributed by atoms with E-state index in [0.29, 0.717) is 25.9 Å². The lowest BCUT2D eigenvalue weighted by Crippen LogP contribution is -2.50. The maximum Gasteiger partial charge on any atom is 0.418 e. The van der Waals surface area contributed by atoms with E-state index in [0.717, 1.165) is 25.3 Å². The summed E-state index contributed by atoms with van der Waals surface area (Å²) in [6, 6.07) is 4.27. The van der Waals surface area contributed by atoms with Gasteiger partial charge < -0.3 is 19.7 Å². The van der Waals surface area contributed by atoms with Crippen LogP contribution in [0.2, 0.25) is 0 Å². The van der Waals surface area contributed by atoms with Crippen LogP contribution in [0.1, 0.15) is 51.0 Å². The van der Waals surface area contributed by atoms with E-state index in [4.69, 9.17) is 9.47 Å². The van der Waals surface area contributed by atoms with Crippen molar-refractivity contribution in [2.45, 2.75) is 57.7 Å². The zero-order valence-electron chi connectivity index (χ0n) is 17.7. The van der Waals surface area contributed by atoms with Gasteiger partial charge in [-0.15, -0.1) is 0 Å². The number of alkyl halides is 3. The van der Waals surface area contributed by atoms with Gasteiger partial charge in [0.2, 0.25) is 0 Å². The highest BCUT2D eigenvalue weighted by Crippen LogP contribution is 2.40. The summed E-state index contributed by atoms with van der Waals surface area (Å²) in [6.45, 7) is 3.21. The highest BCUT2D eigenvalue weighted by atomic mass is 19.4. The van der Waals surface area contributed by atoms with Gasteiger partial charge in [0.05, 0.1) is 29.4 Å². The Morgan fingerprint density at radius 3 is 2.55 bits per heavy atom. The van der Waals surface area contributed by atoms with Gasteiger partial charge in [0, 0.05) is 19.7 Å². The maximum absolute atomic E-state index is 13.2. The number of rotatable bonds is 5. The van der Waals surface area contributed by atoms with Crippen LogP contribution in [0, 0.1) is 5.41 Å². The molecule has 9 heteroatoms. The number of hydrogen-bond donors (Lipinski definition) is 1. The molecule has 2 amide bonds. The average molecular weight is 442 g/mol. The lowest BCUT2D eigenvalue weighted by molar-refractivity contribution is -0.162. The third-order valence-corrected chi connectivity index (χ3v) is 6.08. The van der Waals surface area contributed by atoms with Crippen molar-refractivity contribution >= 4 is 17.7 Å². The molecule has 0 radical (unpaired) electrons. The number of piperidine rings is 1. The number of anilines is 1. The summed E-state index contributed by atoms with van der Waals surface area (Å²) in [6.07, 6.45) is -0.312. The van der Waals surface area contributed by atoms with Crippen molar-refractivity contribution in [3.63, 3.8) is 0 Å². The SMILES string of the molecule is CCOC(=O)C1(C[C@@H]2CCCCO2)CCN(C(=O)Nc2ccccc2C(F)(F)F)CC1. The number of benzene rings is 1. The van der Waals surface area contributed by atoms with Crippen LogP contribution in [0.15, 0.2) is 24.3 Å². The second-order valence-electron chi connectivity index (χ2n) is 8.15. The molecular formula is C22H29F3N2O4. The molecule has 0 aliphatic carbocycles. The lowest BCUT2D eigenvalue weighted by atomic mass is 9.73. The van der Waals surface area contributed by atoms with Crippen LogP contribution >= 0.6 is 0 Å². The highest BCUT2D eigenvalue weighted by molar-refractivity contribution is 5.90. The monoisotopic (exact) mass is 442 g/mol. The number of halogens is 3. The van der Waals surface area contributed by atoms with E-state index in [1.807, 2.05) is 0 Å². The Bertz CT molecular complexity index is 770. The maximum atomic E-state index is 13.2. The number of carbonyl (C=O) groups excluding carboxylic acids is 2. The van der Waals surface area contributed by atoms with Crippen molar-refractivity contribution in [3.05, 3.63) is 29.8 Å². The molecule has 172 valence electrons. The van der Waals surface area contributed by atoms with Crippen molar-refractivity contribution in [1.82, 2.24) is 4.90 Å². The van der Waals surface area contributed by atoms with Crippen LogP contribution in [-0.4, -0.2) is 49.3 Å². The molecule has 0 unspecified atom stereocenters. The van der Waals surface area contributed by atoms with E-state index in [-0.39, 0.29) is 37.5 Å². The van der Waals surface area contributed by atoms with E-state index < -0.39 is 23.2 Å². The number of para-hydroxylation sites is 1. The van der Waals surface area contributed by atoms with Crippen LogP contribution in [0.25, 0.3) is 0 Å². The van der Waals surface area contributed by atoms with Crippen molar-refractivity contribution in [3.8, 4) is 0 Å². The molecule has 1 aromatic rings. The van der Waals surface area contributed by atoms with Gasteiger partial charge in [0.25, 0.3) is 0 Å². The van der Waals surface area contributed by atoms with Gasteiger partial charge in [-0.05, 0) is 57.6 Å². The number of amides is 2. The number of carbonyl (C=O) groups is 2. The second kappa shape index (κ2) is 9.89. The first-order chi connectivity index (χ1) is 14.7. The standard InChI is InChI=1S/C22H29F3N2O4/c1-2-30-19(28)21(15-16-7-5-6-14-31-16)10-12-27(13-11-21)20(29)26-18-9-4-3-8-17(18)22(23,24)25/h3-4,8-9,16H,2,5-7,10-15H2,1H3,(H,26,29)/t16-/m0/s1. The highest BCUT2D eigenvalue weighted by Gasteiger charge is 2.45. The third kappa shape index (κ3) is 5.70. The summed E-state index contributed by atoms with van der Waals surface area (Å²) in [5.41, 5.74) is -1.91. The molecule has 1 N–H and O–H groups in total. The Morgan fingerprint density at radius 2 is 1.94 bits per heavy atom. The number of ether oxygens (including phenoxy) is 2. The topological polar surface area (TPSA) is 67.9 Å². The molecule has 0 aromatic heterocycles. The Labute approximate surface area is 180 Å². The van der Waals surface area contributed by atoms with E-state index in [1.54, 1.807) is 6.92 Å². The predicted molar refractivity (Wildman–Crippen MR) is 109 cm³/mol. The number of hydrogen-bond acceptors (Lipinski definition) is 4. The Balaban J connectivity index is 1.67. The predicted octanol–water partition coefficient (Wildman–Crippen LogP) is 4.84. The molecular weight excluding hydrogens is 413 g/mol. The minimum absolute atomic E-state index is 0.0165. The fourth-order valence-corrected chi connectivity index (χ4v) is 4.35. The fourth-order valence-electron chi connectivity index (χ4n) is 4.35.